The minimum atomic E-state index is -4.53. The van der Waals surface area contributed by atoms with Crippen molar-refractivity contribution in [2.45, 2.75) is 19.6 Å². The van der Waals surface area contributed by atoms with Gasteiger partial charge in [0.1, 0.15) is 0 Å². The fraction of sp³-hybridized carbons (Fsp3) is 0.429. The highest BCUT2D eigenvalue weighted by Gasteiger charge is 2.35. The summed E-state index contributed by atoms with van der Waals surface area (Å²) in [7, 11) is 0. The zero-order valence-electron chi connectivity index (χ0n) is 11.3. The predicted molar refractivity (Wildman–Crippen MR) is 69.9 cm³/mol. The van der Waals surface area contributed by atoms with E-state index in [0.29, 0.717) is 19.8 Å². The first-order chi connectivity index (χ1) is 9.80. The lowest BCUT2D eigenvalue weighted by atomic mass is 9.88. The van der Waals surface area contributed by atoms with E-state index in [-0.39, 0.29) is 16.3 Å². The van der Waals surface area contributed by atoms with Crippen LogP contribution in [0.4, 0.5) is 13.2 Å². The topological polar surface area (TPSA) is 44.1 Å². The molecule has 1 aromatic carbocycles. The molecule has 1 fully saturated rings. The first kappa shape index (κ1) is 14.1. The molecule has 0 atom stereocenters. The molecular weight excluding hydrogens is 285 g/mol. The van der Waals surface area contributed by atoms with Crippen molar-refractivity contribution in [3.8, 4) is 0 Å². The van der Waals surface area contributed by atoms with E-state index in [0.717, 1.165) is 6.07 Å². The number of hydrogen-bond acceptors (Lipinski definition) is 3. The van der Waals surface area contributed by atoms with Gasteiger partial charge in [0.05, 0.1) is 36.0 Å². The molecular formula is C14H13F3N2O2. The van der Waals surface area contributed by atoms with Gasteiger partial charge in [-0.1, -0.05) is 13.0 Å². The number of hydrogen-bond donors (Lipinski definition) is 0. The standard InChI is InChI=1S/C14H13F3N2O2/c1-13(6-21-7-13)5-19-8-18-11-9(12(19)20)3-2-4-10(11)14(15,16)17/h2-4,8H,5-7H2,1H3. The summed E-state index contributed by atoms with van der Waals surface area (Å²) in [6.45, 7) is 3.39. The van der Waals surface area contributed by atoms with Crippen molar-refractivity contribution in [2.24, 2.45) is 5.41 Å². The quantitative estimate of drug-likeness (QED) is 0.855. The van der Waals surface area contributed by atoms with Crippen LogP contribution in [0.3, 0.4) is 0 Å². The van der Waals surface area contributed by atoms with E-state index in [1.165, 1.54) is 23.0 Å². The molecule has 112 valence electrons. The number of para-hydroxylation sites is 1. The van der Waals surface area contributed by atoms with Gasteiger partial charge in [0, 0.05) is 12.0 Å². The minimum absolute atomic E-state index is 0.0174. The fourth-order valence-electron chi connectivity index (χ4n) is 2.48. The largest absolute Gasteiger partial charge is 0.418 e. The van der Waals surface area contributed by atoms with Gasteiger partial charge in [0.25, 0.3) is 5.56 Å². The first-order valence-electron chi connectivity index (χ1n) is 6.43. The number of rotatable bonds is 2. The van der Waals surface area contributed by atoms with Crippen LogP contribution in [-0.2, 0) is 17.5 Å². The Labute approximate surface area is 118 Å². The van der Waals surface area contributed by atoms with Crippen LogP contribution in [0, 0.1) is 5.41 Å². The summed E-state index contributed by atoms with van der Waals surface area (Å²) in [5.74, 6) is 0. The van der Waals surface area contributed by atoms with Gasteiger partial charge >= 0.3 is 6.18 Å². The lowest BCUT2D eigenvalue weighted by Crippen LogP contribution is -2.45. The number of halogens is 3. The Hall–Kier alpha value is -1.89. The maximum Gasteiger partial charge on any atom is 0.418 e. The van der Waals surface area contributed by atoms with Crippen molar-refractivity contribution in [1.29, 1.82) is 0 Å². The Morgan fingerprint density at radius 3 is 2.67 bits per heavy atom. The van der Waals surface area contributed by atoms with Crippen LogP contribution in [0.25, 0.3) is 10.9 Å². The van der Waals surface area contributed by atoms with Crippen molar-refractivity contribution in [3.63, 3.8) is 0 Å². The van der Waals surface area contributed by atoms with Gasteiger partial charge in [0.2, 0.25) is 0 Å². The second-order valence-electron chi connectivity index (χ2n) is 5.68. The number of nitrogens with zero attached hydrogens (tertiary/aromatic N) is 2. The lowest BCUT2D eigenvalue weighted by Gasteiger charge is -2.38. The Balaban J connectivity index is 2.12. The molecule has 0 saturated carbocycles. The maximum absolute atomic E-state index is 12.9. The van der Waals surface area contributed by atoms with E-state index in [9.17, 15) is 18.0 Å². The molecule has 0 unspecified atom stereocenters. The van der Waals surface area contributed by atoms with Gasteiger partial charge in [-0.05, 0) is 12.1 Å². The van der Waals surface area contributed by atoms with Gasteiger partial charge in [-0.2, -0.15) is 13.2 Å². The monoisotopic (exact) mass is 298 g/mol. The third-order valence-corrected chi connectivity index (χ3v) is 3.61. The van der Waals surface area contributed by atoms with Crippen molar-refractivity contribution >= 4 is 10.9 Å². The van der Waals surface area contributed by atoms with E-state index in [4.69, 9.17) is 4.74 Å². The second-order valence-corrected chi connectivity index (χ2v) is 5.68. The second kappa shape index (κ2) is 4.56. The highest BCUT2D eigenvalue weighted by atomic mass is 19.4. The van der Waals surface area contributed by atoms with Gasteiger partial charge in [-0.25, -0.2) is 4.98 Å². The molecule has 0 bridgehead atoms. The van der Waals surface area contributed by atoms with Crippen LogP contribution in [0.5, 0.6) is 0 Å². The van der Waals surface area contributed by atoms with E-state index in [2.05, 4.69) is 4.98 Å². The van der Waals surface area contributed by atoms with E-state index >= 15 is 0 Å². The summed E-state index contributed by atoms with van der Waals surface area (Å²) in [5, 5.41) is -0.0174. The minimum Gasteiger partial charge on any atom is -0.380 e. The number of ether oxygens (including phenoxy) is 1. The van der Waals surface area contributed by atoms with Gasteiger partial charge in [-0.3, -0.25) is 9.36 Å². The van der Waals surface area contributed by atoms with E-state index < -0.39 is 17.3 Å². The summed E-state index contributed by atoms with van der Waals surface area (Å²) in [5.41, 5.74) is -1.82. The Kier molecular flexibility index (Phi) is 3.05. The van der Waals surface area contributed by atoms with Crippen molar-refractivity contribution < 1.29 is 17.9 Å². The van der Waals surface area contributed by atoms with Crippen LogP contribution in [0.15, 0.2) is 29.3 Å². The van der Waals surface area contributed by atoms with Crippen LogP contribution in [0.2, 0.25) is 0 Å². The molecule has 0 N–H and O–H groups in total. The molecule has 2 aromatic rings. The van der Waals surface area contributed by atoms with Crippen molar-refractivity contribution in [3.05, 3.63) is 40.4 Å². The molecule has 21 heavy (non-hydrogen) atoms. The van der Waals surface area contributed by atoms with Crippen LogP contribution in [0.1, 0.15) is 12.5 Å². The average molecular weight is 298 g/mol. The number of benzene rings is 1. The summed E-state index contributed by atoms with van der Waals surface area (Å²) in [6.07, 6.45) is -3.34. The third-order valence-electron chi connectivity index (χ3n) is 3.61. The van der Waals surface area contributed by atoms with Crippen molar-refractivity contribution in [2.75, 3.05) is 13.2 Å². The van der Waals surface area contributed by atoms with Crippen LogP contribution < -0.4 is 5.56 Å². The third kappa shape index (κ3) is 2.42. The zero-order chi connectivity index (χ0) is 15.3. The molecule has 3 rings (SSSR count). The summed E-state index contributed by atoms with van der Waals surface area (Å²) in [6, 6.07) is 3.53. The van der Waals surface area contributed by atoms with E-state index in [1.54, 1.807) is 0 Å². The van der Waals surface area contributed by atoms with Gasteiger partial charge in [-0.15, -0.1) is 0 Å². The molecule has 0 spiro atoms. The normalized spacial score (nSPS) is 17.7. The molecule has 7 heteroatoms. The Bertz CT molecular complexity index is 748. The molecule has 0 radical (unpaired) electrons. The lowest BCUT2D eigenvalue weighted by molar-refractivity contribution is -0.136. The molecule has 2 heterocycles. The Morgan fingerprint density at radius 2 is 2.10 bits per heavy atom. The Morgan fingerprint density at radius 1 is 1.38 bits per heavy atom. The molecule has 1 aliphatic heterocycles. The van der Waals surface area contributed by atoms with Crippen LogP contribution >= 0.6 is 0 Å². The zero-order valence-corrected chi connectivity index (χ0v) is 11.3. The van der Waals surface area contributed by atoms with E-state index in [1.807, 2.05) is 6.92 Å². The molecule has 0 amide bonds. The summed E-state index contributed by atoms with van der Waals surface area (Å²) < 4.78 is 45.2. The van der Waals surface area contributed by atoms with Crippen molar-refractivity contribution in [1.82, 2.24) is 9.55 Å². The van der Waals surface area contributed by atoms with Crippen LogP contribution in [-0.4, -0.2) is 22.8 Å². The number of alkyl halides is 3. The molecule has 1 aliphatic rings. The average Bonchev–Trinajstić information content (AvgIpc) is 2.38. The predicted octanol–water partition coefficient (Wildman–Crippen LogP) is 2.45. The summed E-state index contributed by atoms with van der Waals surface area (Å²) >= 11 is 0. The molecule has 1 saturated heterocycles. The molecule has 1 aromatic heterocycles. The molecule has 0 aliphatic carbocycles. The first-order valence-corrected chi connectivity index (χ1v) is 6.43. The smallest absolute Gasteiger partial charge is 0.380 e. The van der Waals surface area contributed by atoms with Gasteiger partial charge in [0.15, 0.2) is 0 Å². The fourth-order valence-corrected chi connectivity index (χ4v) is 2.48. The van der Waals surface area contributed by atoms with Gasteiger partial charge < -0.3 is 4.74 Å². The highest BCUT2D eigenvalue weighted by molar-refractivity contribution is 5.81. The number of aromatic nitrogens is 2. The summed E-state index contributed by atoms with van der Waals surface area (Å²) in [4.78, 5) is 16.2. The highest BCUT2D eigenvalue weighted by Crippen LogP contribution is 2.33. The number of fused-ring (bicyclic) bond motifs is 1. The molecule has 4 nitrogen and oxygen atoms in total. The SMILES string of the molecule is CC1(Cn2cnc3c(C(F)(F)F)cccc3c2=O)COC1. The maximum atomic E-state index is 12.9.